The number of halogens is 4. The van der Waals surface area contributed by atoms with E-state index in [4.69, 9.17) is 0 Å². The van der Waals surface area contributed by atoms with Gasteiger partial charge in [0.05, 0.1) is 0 Å². The molecule has 1 aliphatic rings. The summed E-state index contributed by atoms with van der Waals surface area (Å²) in [5.74, 6) is -2.44. The van der Waals surface area contributed by atoms with Gasteiger partial charge in [0.15, 0.2) is 6.17 Å². The van der Waals surface area contributed by atoms with Crippen molar-refractivity contribution in [3.05, 3.63) is 35.9 Å². The van der Waals surface area contributed by atoms with Gasteiger partial charge in [-0.1, -0.05) is 46.3 Å². The molecule has 1 aromatic rings. The van der Waals surface area contributed by atoms with Crippen molar-refractivity contribution in [1.82, 2.24) is 0 Å². The summed E-state index contributed by atoms with van der Waals surface area (Å²) >= 11 is 2.79. The molecule has 0 radical (unpaired) electrons. The van der Waals surface area contributed by atoms with E-state index >= 15 is 0 Å². The molecule has 82 valence electrons. The Morgan fingerprint density at radius 3 is 2.27 bits per heavy atom. The second-order valence-corrected chi connectivity index (χ2v) is 4.31. The van der Waals surface area contributed by atoms with Crippen molar-refractivity contribution < 1.29 is 17.9 Å². The summed E-state index contributed by atoms with van der Waals surface area (Å²) in [6.45, 7) is 0. The summed E-state index contributed by atoms with van der Waals surface area (Å²) in [6.07, 6.45) is -4.24. The van der Waals surface area contributed by atoms with Gasteiger partial charge in [-0.05, 0) is 0 Å². The lowest BCUT2D eigenvalue weighted by atomic mass is 10.0. The molecule has 0 aromatic heterocycles. The van der Waals surface area contributed by atoms with Crippen LogP contribution in [-0.4, -0.2) is 17.4 Å². The van der Waals surface area contributed by atoms with Crippen molar-refractivity contribution in [2.75, 3.05) is 0 Å². The highest BCUT2D eigenvalue weighted by Gasteiger charge is 2.57. The SMILES string of the molecule is FC1OC(F)(c2ccccc2)C(Br)C1F. The fraction of sp³-hybridized carbons (Fsp3) is 0.400. The van der Waals surface area contributed by atoms with E-state index in [-0.39, 0.29) is 5.56 Å². The molecule has 0 saturated carbocycles. The summed E-state index contributed by atoms with van der Waals surface area (Å²) in [7, 11) is 0. The van der Waals surface area contributed by atoms with E-state index in [2.05, 4.69) is 20.7 Å². The van der Waals surface area contributed by atoms with Crippen molar-refractivity contribution in [2.45, 2.75) is 23.2 Å². The molecular weight excluding hydrogens is 273 g/mol. The van der Waals surface area contributed by atoms with Crippen molar-refractivity contribution >= 4 is 15.9 Å². The van der Waals surface area contributed by atoms with E-state index in [9.17, 15) is 13.2 Å². The van der Waals surface area contributed by atoms with E-state index in [1.165, 1.54) is 12.1 Å². The smallest absolute Gasteiger partial charge is 0.253 e. The first-order chi connectivity index (χ1) is 7.05. The molecular formula is C10H8BrF3O. The van der Waals surface area contributed by atoms with E-state index in [0.29, 0.717) is 0 Å². The molecule has 1 nitrogen and oxygen atoms in total. The van der Waals surface area contributed by atoms with Gasteiger partial charge in [-0.3, -0.25) is 0 Å². The molecule has 4 unspecified atom stereocenters. The van der Waals surface area contributed by atoms with Crippen LogP contribution in [0.1, 0.15) is 5.56 Å². The van der Waals surface area contributed by atoms with Crippen LogP contribution in [0.2, 0.25) is 0 Å². The Labute approximate surface area is 93.4 Å². The van der Waals surface area contributed by atoms with Crippen LogP contribution >= 0.6 is 15.9 Å². The Kier molecular flexibility index (Phi) is 2.77. The third-order valence-corrected chi connectivity index (χ3v) is 3.43. The largest absolute Gasteiger partial charge is 0.303 e. The summed E-state index contributed by atoms with van der Waals surface area (Å²) < 4.78 is 44.6. The van der Waals surface area contributed by atoms with Crippen molar-refractivity contribution in [1.29, 1.82) is 0 Å². The zero-order valence-electron chi connectivity index (χ0n) is 7.54. The van der Waals surface area contributed by atoms with E-state index in [1.807, 2.05) is 0 Å². The minimum Gasteiger partial charge on any atom is -0.303 e. The van der Waals surface area contributed by atoms with Gasteiger partial charge in [0.1, 0.15) is 4.83 Å². The molecule has 0 aliphatic carbocycles. The van der Waals surface area contributed by atoms with Crippen LogP contribution in [0.15, 0.2) is 30.3 Å². The highest BCUT2D eigenvalue weighted by molar-refractivity contribution is 9.09. The van der Waals surface area contributed by atoms with Crippen LogP contribution in [0.5, 0.6) is 0 Å². The fourth-order valence-electron chi connectivity index (χ4n) is 1.52. The third-order valence-electron chi connectivity index (χ3n) is 2.34. The van der Waals surface area contributed by atoms with Crippen molar-refractivity contribution in [3.8, 4) is 0 Å². The molecule has 0 bridgehead atoms. The number of rotatable bonds is 1. The van der Waals surface area contributed by atoms with Gasteiger partial charge >= 0.3 is 0 Å². The third kappa shape index (κ3) is 1.67. The molecule has 15 heavy (non-hydrogen) atoms. The summed E-state index contributed by atoms with van der Waals surface area (Å²) in [4.78, 5) is -1.33. The topological polar surface area (TPSA) is 9.23 Å². The van der Waals surface area contributed by atoms with Gasteiger partial charge in [-0.25, -0.2) is 13.2 Å². The Morgan fingerprint density at radius 2 is 1.80 bits per heavy atom. The first kappa shape index (κ1) is 11.0. The average molecular weight is 281 g/mol. The molecule has 0 N–H and O–H groups in total. The first-order valence-electron chi connectivity index (χ1n) is 4.40. The van der Waals surface area contributed by atoms with E-state index in [1.54, 1.807) is 18.2 Å². The van der Waals surface area contributed by atoms with E-state index in [0.717, 1.165) is 0 Å². The van der Waals surface area contributed by atoms with Crippen molar-refractivity contribution in [3.63, 3.8) is 0 Å². The molecule has 1 aliphatic heterocycles. The Hall–Kier alpha value is -0.550. The van der Waals surface area contributed by atoms with Crippen LogP contribution in [0.3, 0.4) is 0 Å². The molecule has 1 saturated heterocycles. The summed E-state index contributed by atoms with van der Waals surface area (Å²) in [5.41, 5.74) is 0.106. The van der Waals surface area contributed by atoms with Gasteiger partial charge in [0.25, 0.3) is 5.85 Å². The summed E-state index contributed by atoms with van der Waals surface area (Å²) in [5, 5.41) is 0. The average Bonchev–Trinajstić information content (AvgIpc) is 2.45. The molecule has 0 amide bonds. The highest BCUT2D eigenvalue weighted by atomic mass is 79.9. The maximum Gasteiger partial charge on any atom is 0.253 e. The predicted molar refractivity (Wildman–Crippen MR) is 52.8 cm³/mol. The molecule has 1 heterocycles. The molecule has 1 fully saturated rings. The minimum atomic E-state index is -2.44. The van der Waals surface area contributed by atoms with Gasteiger partial charge in [-0.2, -0.15) is 0 Å². The second kappa shape index (κ2) is 3.79. The summed E-state index contributed by atoms with van der Waals surface area (Å²) in [6, 6.07) is 7.71. The van der Waals surface area contributed by atoms with Crippen LogP contribution in [0, 0.1) is 0 Å². The molecule has 0 spiro atoms. The lowest BCUT2D eigenvalue weighted by molar-refractivity contribution is -0.176. The Bertz CT molecular complexity index is 348. The monoisotopic (exact) mass is 280 g/mol. The zero-order valence-corrected chi connectivity index (χ0v) is 9.12. The minimum absolute atomic E-state index is 0.106. The first-order valence-corrected chi connectivity index (χ1v) is 5.32. The molecule has 2 rings (SSSR count). The standard InChI is InChI=1S/C10H8BrF3O/c11-8-7(12)9(13)15-10(8,14)6-4-2-1-3-5-6/h1-5,7-9H. The Morgan fingerprint density at radius 1 is 1.20 bits per heavy atom. The van der Waals surface area contributed by atoms with Gasteiger partial charge in [0, 0.05) is 5.56 Å². The quantitative estimate of drug-likeness (QED) is 0.718. The van der Waals surface area contributed by atoms with Gasteiger partial charge in [-0.15, -0.1) is 0 Å². The van der Waals surface area contributed by atoms with Gasteiger partial charge in [0.2, 0.25) is 6.36 Å². The number of ether oxygens (including phenoxy) is 1. The number of hydrogen-bond acceptors (Lipinski definition) is 1. The number of hydrogen-bond donors (Lipinski definition) is 0. The maximum atomic E-state index is 14.2. The van der Waals surface area contributed by atoms with Gasteiger partial charge < -0.3 is 4.74 Å². The lowest BCUT2D eigenvalue weighted by Crippen LogP contribution is -2.30. The fourth-order valence-corrected chi connectivity index (χ4v) is 2.14. The van der Waals surface area contributed by atoms with Crippen LogP contribution in [0.4, 0.5) is 13.2 Å². The van der Waals surface area contributed by atoms with E-state index < -0.39 is 23.2 Å². The lowest BCUT2D eigenvalue weighted by Gasteiger charge is -2.22. The normalized spacial score (nSPS) is 40.7. The van der Waals surface area contributed by atoms with Crippen LogP contribution in [-0.2, 0) is 10.6 Å². The zero-order chi connectivity index (χ0) is 11.1. The van der Waals surface area contributed by atoms with Crippen LogP contribution in [0.25, 0.3) is 0 Å². The second-order valence-electron chi connectivity index (χ2n) is 3.33. The molecule has 5 heteroatoms. The van der Waals surface area contributed by atoms with Crippen LogP contribution < -0.4 is 0 Å². The van der Waals surface area contributed by atoms with Crippen molar-refractivity contribution in [2.24, 2.45) is 0 Å². The predicted octanol–water partition coefficient (Wildman–Crippen LogP) is 3.24. The molecule has 4 atom stereocenters. The number of alkyl halides is 4. The maximum absolute atomic E-state index is 14.2. The number of benzene rings is 1. The Balaban J connectivity index is 2.36. The highest BCUT2D eigenvalue weighted by Crippen LogP contribution is 2.46. The molecule has 1 aromatic carbocycles.